The van der Waals surface area contributed by atoms with Crippen LogP contribution in [0.1, 0.15) is 79.1 Å². The number of ether oxygens (including phenoxy) is 1. The highest BCUT2D eigenvalue weighted by molar-refractivity contribution is 5.84. The molecule has 2 saturated carbocycles. The van der Waals surface area contributed by atoms with Gasteiger partial charge in [-0.25, -0.2) is 0 Å². The molecule has 0 aromatic heterocycles. The zero-order valence-corrected chi connectivity index (χ0v) is 16.6. The van der Waals surface area contributed by atoms with Gasteiger partial charge in [0.2, 0.25) is 0 Å². The predicted octanol–water partition coefficient (Wildman–Crippen LogP) is 5.13. The topological polar surface area (TPSA) is 43.4 Å². The largest absolute Gasteiger partial charge is 0.372 e. The number of unbranched alkanes of at least 4 members (excludes halogenated alkanes) is 1. The van der Waals surface area contributed by atoms with Crippen molar-refractivity contribution in [3.63, 3.8) is 0 Å². The van der Waals surface area contributed by atoms with Gasteiger partial charge >= 0.3 is 0 Å². The lowest BCUT2D eigenvalue weighted by Gasteiger charge is -2.37. The monoisotopic (exact) mass is 348 g/mol. The molecule has 0 amide bonds. The van der Waals surface area contributed by atoms with Crippen molar-refractivity contribution in [2.24, 2.45) is 23.7 Å². The Bertz CT molecular complexity index is 488. The maximum atomic E-state index is 12.5. The van der Waals surface area contributed by atoms with E-state index in [2.05, 4.69) is 34.3 Å². The van der Waals surface area contributed by atoms with Crippen LogP contribution in [0.3, 0.4) is 0 Å². The van der Waals surface area contributed by atoms with E-state index < -0.39 is 0 Å². The van der Waals surface area contributed by atoms with Gasteiger partial charge in [0, 0.05) is 25.2 Å². The van der Waals surface area contributed by atoms with Crippen LogP contribution in [-0.2, 0) is 14.3 Å². The van der Waals surface area contributed by atoms with Crippen LogP contribution >= 0.6 is 0 Å². The molecule has 0 saturated heterocycles. The first kappa shape index (κ1) is 20.4. The Morgan fingerprint density at radius 2 is 2.00 bits per heavy atom. The van der Waals surface area contributed by atoms with Crippen LogP contribution in [0, 0.1) is 23.7 Å². The van der Waals surface area contributed by atoms with Crippen LogP contribution in [0.2, 0.25) is 0 Å². The fraction of sp³-hybridized carbons (Fsp3) is 0.818. The Hall–Kier alpha value is -0.960. The zero-order chi connectivity index (χ0) is 18.6. The molecule has 0 spiro atoms. The molecule has 0 N–H and O–H groups in total. The smallest absolute Gasteiger partial charge is 0.136 e. The average Bonchev–Trinajstić information content (AvgIpc) is 2.81. The van der Waals surface area contributed by atoms with Crippen LogP contribution in [0.4, 0.5) is 0 Å². The van der Waals surface area contributed by atoms with Crippen molar-refractivity contribution in [1.82, 2.24) is 0 Å². The van der Waals surface area contributed by atoms with Gasteiger partial charge in [-0.15, -0.1) is 6.58 Å². The summed E-state index contributed by atoms with van der Waals surface area (Å²) in [5.74, 6) is 2.12. The number of ketones is 2. The number of hydrogen-bond donors (Lipinski definition) is 0. The van der Waals surface area contributed by atoms with Crippen molar-refractivity contribution in [2.75, 3.05) is 0 Å². The Morgan fingerprint density at radius 1 is 1.28 bits per heavy atom. The third-order valence-electron chi connectivity index (χ3n) is 5.92. The van der Waals surface area contributed by atoms with E-state index in [9.17, 15) is 9.59 Å². The summed E-state index contributed by atoms with van der Waals surface area (Å²) >= 11 is 0. The first-order valence-corrected chi connectivity index (χ1v) is 10.1. The minimum atomic E-state index is -0.147. The Labute approximate surface area is 153 Å². The summed E-state index contributed by atoms with van der Waals surface area (Å²) in [4.78, 5) is 24.6. The summed E-state index contributed by atoms with van der Waals surface area (Å²) in [6.07, 6.45) is 8.47. The molecule has 0 aromatic carbocycles. The lowest BCUT2D eigenvalue weighted by atomic mass is 9.70. The van der Waals surface area contributed by atoms with Crippen molar-refractivity contribution in [3.05, 3.63) is 12.7 Å². The second kappa shape index (κ2) is 8.62. The summed E-state index contributed by atoms with van der Waals surface area (Å²) in [5, 5.41) is 0. The van der Waals surface area contributed by atoms with Crippen molar-refractivity contribution in [2.45, 2.75) is 90.8 Å². The summed E-state index contributed by atoms with van der Waals surface area (Å²) in [6, 6.07) is 0. The zero-order valence-electron chi connectivity index (χ0n) is 16.6. The molecule has 0 bridgehead atoms. The molecule has 3 heteroatoms. The van der Waals surface area contributed by atoms with Crippen LogP contribution in [-0.4, -0.2) is 23.3 Å². The van der Waals surface area contributed by atoms with Crippen molar-refractivity contribution >= 4 is 11.6 Å². The number of rotatable bonds is 8. The van der Waals surface area contributed by atoms with Gasteiger partial charge < -0.3 is 4.74 Å². The van der Waals surface area contributed by atoms with E-state index >= 15 is 0 Å². The van der Waals surface area contributed by atoms with Gasteiger partial charge in [0.1, 0.15) is 11.6 Å². The molecule has 2 fully saturated rings. The molecular weight excluding hydrogens is 312 g/mol. The van der Waals surface area contributed by atoms with E-state index in [1.807, 2.05) is 6.08 Å². The molecule has 2 rings (SSSR count). The molecular formula is C22H36O3. The summed E-state index contributed by atoms with van der Waals surface area (Å²) in [7, 11) is 0. The highest BCUT2D eigenvalue weighted by atomic mass is 16.5. The Morgan fingerprint density at radius 3 is 2.64 bits per heavy atom. The first-order chi connectivity index (χ1) is 11.7. The van der Waals surface area contributed by atoms with E-state index in [1.54, 1.807) is 0 Å². The molecule has 142 valence electrons. The first-order valence-electron chi connectivity index (χ1n) is 10.1. The van der Waals surface area contributed by atoms with Crippen molar-refractivity contribution < 1.29 is 14.3 Å². The van der Waals surface area contributed by atoms with E-state index in [4.69, 9.17) is 4.74 Å². The maximum Gasteiger partial charge on any atom is 0.136 e. The summed E-state index contributed by atoms with van der Waals surface area (Å²) in [6.45, 7) is 12.3. The number of Topliss-reactive ketones (excluding diaryl/α,β-unsaturated/α-hetero) is 2. The van der Waals surface area contributed by atoms with Gasteiger partial charge in [0.25, 0.3) is 0 Å². The predicted molar refractivity (Wildman–Crippen MR) is 101 cm³/mol. The quantitative estimate of drug-likeness (QED) is 0.451. The van der Waals surface area contributed by atoms with Gasteiger partial charge in [0.05, 0.1) is 11.7 Å². The third-order valence-corrected chi connectivity index (χ3v) is 5.92. The highest BCUT2D eigenvalue weighted by Gasteiger charge is 2.50. The molecule has 2 aliphatic rings. The number of allylic oxidation sites excluding steroid dienone is 1. The van der Waals surface area contributed by atoms with Gasteiger partial charge in [-0.05, 0) is 70.6 Å². The Balaban J connectivity index is 1.96. The molecule has 0 radical (unpaired) electrons. The number of carbonyl (C=O) groups is 2. The van der Waals surface area contributed by atoms with E-state index in [1.165, 1.54) is 0 Å². The Kier molecular flexibility index (Phi) is 7.01. The second-order valence-electron chi connectivity index (χ2n) is 9.11. The number of fused-ring (bicyclic) bond motifs is 1. The fourth-order valence-electron chi connectivity index (χ4n) is 4.85. The molecule has 5 atom stereocenters. The van der Waals surface area contributed by atoms with Crippen LogP contribution < -0.4 is 0 Å². The lowest BCUT2D eigenvalue weighted by Crippen LogP contribution is -2.39. The van der Waals surface area contributed by atoms with E-state index in [0.29, 0.717) is 48.6 Å². The van der Waals surface area contributed by atoms with E-state index in [-0.39, 0.29) is 17.6 Å². The maximum absolute atomic E-state index is 12.5. The minimum absolute atomic E-state index is 0.0677. The normalized spacial score (nSPS) is 32.5. The highest BCUT2D eigenvalue weighted by Crippen LogP contribution is 2.50. The van der Waals surface area contributed by atoms with Crippen LogP contribution in [0.25, 0.3) is 0 Å². The third kappa shape index (κ3) is 5.51. The second-order valence-corrected chi connectivity index (χ2v) is 9.11. The molecule has 2 aliphatic carbocycles. The number of carbonyl (C=O) groups excluding carboxylic acids is 2. The molecule has 25 heavy (non-hydrogen) atoms. The van der Waals surface area contributed by atoms with Crippen molar-refractivity contribution in [3.8, 4) is 0 Å². The van der Waals surface area contributed by atoms with Crippen LogP contribution in [0.5, 0.6) is 0 Å². The number of hydrogen-bond acceptors (Lipinski definition) is 3. The molecule has 5 unspecified atom stereocenters. The minimum Gasteiger partial charge on any atom is -0.372 e. The standard InChI is InChI=1S/C22H36O3/c1-6-7-8-9-16(23)10-11-17-19-14-15(2)21(25-22(3,4)5)18(19)12-13-20(17)24/h6,15,17-19,21H,1,7-14H2,2-5H3. The van der Waals surface area contributed by atoms with Gasteiger partial charge in [-0.1, -0.05) is 13.0 Å². The molecule has 0 heterocycles. The molecule has 0 aromatic rings. The van der Waals surface area contributed by atoms with Gasteiger partial charge in [0.15, 0.2) is 0 Å². The lowest BCUT2D eigenvalue weighted by molar-refractivity contribution is -0.133. The molecule has 0 aliphatic heterocycles. The summed E-state index contributed by atoms with van der Waals surface area (Å²) in [5.41, 5.74) is -0.147. The average molecular weight is 349 g/mol. The van der Waals surface area contributed by atoms with E-state index in [0.717, 1.165) is 32.1 Å². The van der Waals surface area contributed by atoms with Gasteiger partial charge in [-0.3, -0.25) is 9.59 Å². The van der Waals surface area contributed by atoms with Gasteiger partial charge in [-0.2, -0.15) is 0 Å². The molecule has 3 nitrogen and oxygen atoms in total. The SMILES string of the molecule is C=CCCCC(=O)CCC1C(=O)CCC2C1CC(C)C2OC(C)(C)C. The fourth-order valence-corrected chi connectivity index (χ4v) is 4.85. The van der Waals surface area contributed by atoms with Crippen molar-refractivity contribution in [1.29, 1.82) is 0 Å². The van der Waals surface area contributed by atoms with Crippen LogP contribution in [0.15, 0.2) is 12.7 Å². The summed E-state index contributed by atoms with van der Waals surface area (Å²) < 4.78 is 6.37.